The first-order valence-electron chi connectivity index (χ1n) is 7.75. The smallest absolute Gasteiger partial charge is 0.263 e. The van der Waals surface area contributed by atoms with E-state index < -0.39 is 0 Å². The third-order valence-corrected chi connectivity index (χ3v) is 4.82. The first kappa shape index (κ1) is 16.9. The molecule has 7 heteroatoms. The summed E-state index contributed by atoms with van der Waals surface area (Å²) in [7, 11) is 1.62. The Hall–Kier alpha value is -2.98. The number of rotatable bonds is 5. The minimum Gasteiger partial charge on any atom is -0.343 e. The zero-order valence-corrected chi connectivity index (χ0v) is 14.5. The van der Waals surface area contributed by atoms with Gasteiger partial charge in [0.1, 0.15) is 11.4 Å². The second kappa shape index (κ2) is 7.28. The SMILES string of the molecule is CN(CCC#N)C(=O)Cn1cnc2scc(-c3ccccc3)c2c1=O. The van der Waals surface area contributed by atoms with Gasteiger partial charge >= 0.3 is 0 Å². The van der Waals surface area contributed by atoms with E-state index in [1.54, 1.807) is 7.05 Å². The summed E-state index contributed by atoms with van der Waals surface area (Å²) in [6.07, 6.45) is 1.67. The Labute approximate surface area is 148 Å². The minimum atomic E-state index is -0.230. The van der Waals surface area contributed by atoms with Gasteiger partial charge in [0, 0.05) is 24.5 Å². The molecule has 0 radical (unpaired) electrons. The monoisotopic (exact) mass is 352 g/mol. The van der Waals surface area contributed by atoms with Crippen LogP contribution in [0.25, 0.3) is 21.3 Å². The summed E-state index contributed by atoms with van der Waals surface area (Å²) in [6.45, 7) is 0.251. The second-order valence-corrected chi connectivity index (χ2v) is 6.45. The highest BCUT2D eigenvalue weighted by Crippen LogP contribution is 2.30. The molecule has 0 saturated heterocycles. The predicted octanol–water partition coefficient (Wildman–Crippen LogP) is 2.50. The number of amides is 1. The van der Waals surface area contributed by atoms with E-state index in [0.717, 1.165) is 11.1 Å². The van der Waals surface area contributed by atoms with Gasteiger partial charge in [0.05, 0.1) is 24.2 Å². The van der Waals surface area contributed by atoms with Gasteiger partial charge in [-0.3, -0.25) is 14.2 Å². The molecule has 2 heterocycles. The van der Waals surface area contributed by atoms with Crippen LogP contribution in [-0.2, 0) is 11.3 Å². The van der Waals surface area contributed by atoms with Crippen LogP contribution in [0.1, 0.15) is 6.42 Å². The first-order chi connectivity index (χ1) is 12.1. The number of carbonyl (C=O) groups excluding carboxylic acids is 1. The largest absolute Gasteiger partial charge is 0.343 e. The molecule has 6 nitrogen and oxygen atoms in total. The summed E-state index contributed by atoms with van der Waals surface area (Å²) in [5.74, 6) is -0.227. The number of hydrogen-bond donors (Lipinski definition) is 0. The van der Waals surface area contributed by atoms with Gasteiger partial charge in [0.2, 0.25) is 5.91 Å². The summed E-state index contributed by atoms with van der Waals surface area (Å²) in [5.41, 5.74) is 1.55. The number of fused-ring (bicyclic) bond motifs is 1. The summed E-state index contributed by atoms with van der Waals surface area (Å²) >= 11 is 1.41. The molecule has 0 aliphatic rings. The zero-order chi connectivity index (χ0) is 17.8. The lowest BCUT2D eigenvalue weighted by Gasteiger charge is -2.16. The molecule has 1 amide bonds. The fourth-order valence-electron chi connectivity index (χ4n) is 2.52. The average Bonchev–Trinajstić information content (AvgIpc) is 3.07. The third kappa shape index (κ3) is 3.44. The van der Waals surface area contributed by atoms with Crippen LogP contribution in [0.5, 0.6) is 0 Å². The molecule has 0 bridgehead atoms. The lowest BCUT2D eigenvalue weighted by molar-refractivity contribution is -0.130. The fraction of sp³-hybridized carbons (Fsp3) is 0.222. The standard InChI is InChI=1S/C18H16N4O2S/c1-21(9-5-8-19)15(23)10-22-12-20-17-16(18(22)24)14(11-25-17)13-6-3-2-4-7-13/h2-4,6-7,11-12H,5,9-10H2,1H3. The number of nitrogens with zero attached hydrogens (tertiary/aromatic N) is 4. The number of carbonyl (C=O) groups is 1. The van der Waals surface area contributed by atoms with E-state index in [1.807, 2.05) is 41.8 Å². The van der Waals surface area contributed by atoms with Crippen molar-refractivity contribution in [3.63, 3.8) is 0 Å². The van der Waals surface area contributed by atoms with E-state index in [-0.39, 0.29) is 24.4 Å². The van der Waals surface area contributed by atoms with Crippen LogP contribution < -0.4 is 5.56 Å². The highest BCUT2D eigenvalue weighted by molar-refractivity contribution is 7.17. The number of aromatic nitrogens is 2. The van der Waals surface area contributed by atoms with Gasteiger partial charge in [-0.05, 0) is 5.56 Å². The van der Waals surface area contributed by atoms with Crippen molar-refractivity contribution in [2.75, 3.05) is 13.6 Å². The van der Waals surface area contributed by atoms with Gasteiger partial charge < -0.3 is 4.90 Å². The Morgan fingerprint density at radius 1 is 1.36 bits per heavy atom. The van der Waals surface area contributed by atoms with Gasteiger partial charge in [-0.2, -0.15) is 5.26 Å². The van der Waals surface area contributed by atoms with Crippen molar-refractivity contribution in [3.05, 3.63) is 52.4 Å². The predicted molar refractivity (Wildman–Crippen MR) is 97.2 cm³/mol. The zero-order valence-electron chi connectivity index (χ0n) is 13.7. The van der Waals surface area contributed by atoms with Crippen LogP contribution in [0.2, 0.25) is 0 Å². The van der Waals surface area contributed by atoms with Crippen molar-refractivity contribution in [2.45, 2.75) is 13.0 Å². The molecule has 0 fully saturated rings. The van der Waals surface area contributed by atoms with E-state index in [0.29, 0.717) is 16.8 Å². The van der Waals surface area contributed by atoms with Gasteiger partial charge in [0.15, 0.2) is 0 Å². The number of thiophene rings is 1. The molecule has 0 aliphatic carbocycles. The second-order valence-electron chi connectivity index (χ2n) is 5.60. The maximum atomic E-state index is 12.9. The molecule has 0 N–H and O–H groups in total. The molecule has 0 aliphatic heterocycles. The van der Waals surface area contributed by atoms with E-state index in [1.165, 1.54) is 27.1 Å². The quantitative estimate of drug-likeness (QED) is 0.707. The molecule has 2 aromatic heterocycles. The number of benzene rings is 1. The Morgan fingerprint density at radius 2 is 2.12 bits per heavy atom. The van der Waals surface area contributed by atoms with Gasteiger partial charge in [-0.15, -0.1) is 11.3 Å². The van der Waals surface area contributed by atoms with Crippen molar-refractivity contribution in [1.82, 2.24) is 14.5 Å². The van der Waals surface area contributed by atoms with E-state index in [4.69, 9.17) is 5.26 Å². The molecule has 0 spiro atoms. The molecule has 3 rings (SSSR count). The Balaban J connectivity index is 1.96. The summed E-state index contributed by atoms with van der Waals surface area (Å²) in [6, 6.07) is 11.6. The fourth-order valence-corrected chi connectivity index (χ4v) is 3.43. The van der Waals surface area contributed by atoms with Gasteiger partial charge in [-0.1, -0.05) is 30.3 Å². The van der Waals surface area contributed by atoms with Crippen molar-refractivity contribution in [3.8, 4) is 17.2 Å². The first-order valence-corrected chi connectivity index (χ1v) is 8.62. The molecule has 0 atom stereocenters. The maximum absolute atomic E-state index is 12.9. The van der Waals surface area contributed by atoms with E-state index in [2.05, 4.69) is 4.98 Å². The molecule has 126 valence electrons. The van der Waals surface area contributed by atoms with Crippen LogP contribution in [-0.4, -0.2) is 34.0 Å². The van der Waals surface area contributed by atoms with Crippen LogP contribution in [0.4, 0.5) is 0 Å². The van der Waals surface area contributed by atoms with Crippen molar-refractivity contribution < 1.29 is 4.79 Å². The number of hydrogen-bond acceptors (Lipinski definition) is 5. The molecule has 0 saturated carbocycles. The highest BCUT2D eigenvalue weighted by Gasteiger charge is 2.16. The number of nitriles is 1. The van der Waals surface area contributed by atoms with Crippen LogP contribution in [0.3, 0.4) is 0 Å². The summed E-state index contributed by atoms with van der Waals surface area (Å²) < 4.78 is 1.33. The maximum Gasteiger partial charge on any atom is 0.263 e. The molecule has 0 unspecified atom stereocenters. The van der Waals surface area contributed by atoms with Crippen LogP contribution >= 0.6 is 11.3 Å². The van der Waals surface area contributed by atoms with Crippen molar-refractivity contribution in [2.24, 2.45) is 0 Å². The summed E-state index contributed by atoms with van der Waals surface area (Å²) in [4.78, 5) is 31.5. The minimum absolute atomic E-state index is 0.0895. The topological polar surface area (TPSA) is 79.0 Å². The Bertz CT molecular complexity index is 1000. The summed E-state index contributed by atoms with van der Waals surface area (Å²) in [5, 5.41) is 11.1. The Kier molecular flexibility index (Phi) is 4.91. The third-order valence-electron chi connectivity index (χ3n) is 3.94. The lowest BCUT2D eigenvalue weighted by atomic mass is 10.1. The van der Waals surface area contributed by atoms with Crippen molar-refractivity contribution in [1.29, 1.82) is 5.26 Å². The van der Waals surface area contributed by atoms with E-state index >= 15 is 0 Å². The van der Waals surface area contributed by atoms with Crippen LogP contribution in [0, 0.1) is 11.3 Å². The number of likely N-dealkylation sites (N-methyl/N-ethyl adjacent to an activating group) is 1. The Morgan fingerprint density at radius 3 is 2.84 bits per heavy atom. The molecule has 25 heavy (non-hydrogen) atoms. The molecule has 1 aromatic carbocycles. The van der Waals surface area contributed by atoms with Gasteiger partial charge in [-0.25, -0.2) is 4.98 Å². The van der Waals surface area contributed by atoms with Crippen LogP contribution in [0.15, 0.2) is 46.8 Å². The molecule has 3 aromatic rings. The lowest BCUT2D eigenvalue weighted by Crippen LogP contribution is -2.34. The normalized spacial score (nSPS) is 10.6. The highest BCUT2D eigenvalue weighted by atomic mass is 32.1. The molecular formula is C18H16N4O2S. The van der Waals surface area contributed by atoms with Crippen molar-refractivity contribution >= 4 is 27.5 Å². The average molecular weight is 352 g/mol. The van der Waals surface area contributed by atoms with Gasteiger partial charge in [0.25, 0.3) is 5.56 Å². The van der Waals surface area contributed by atoms with E-state index in [9.17, 15) is 9.59 Å². The molecular weight excluding hydrogens is 336 g/mol.